The number of hydrogen-bond acceptors (Lipinski definition) is 6. The normalized spacial score (nSPS) is 10.7. The number of aromatic nitrogens is 1. The molecule has 3 aromatic rings. The van der Waals surface area contributed by atoms with Crippen LogP contribution in [0.2, 0.25) is 0 Å². The van der Waals surface area contributed by atoms with E-state index in [9.17, 15) is 14.4 Å². The molecule has 0 saturated carbocycles. The van der Waals surface area contributed by atoms with Crippen molar-refractivity contribution < 1.29 is 18.4 Å². The zero-order valence-electron chi connectivity index (χ0n) is 10.9. The van der Waals surface area contributed by atoms with Gasteiger partial charge in [-0.15, -0.1) is 0 Å². The van der Waals surface area contributed by atoms with Crippen molar-refractivity contribution in [1.82, 2.24) is 4.57 Å². The molecule has 7 heteroatoms. The van der Waals surface area contributed by atoms with Gasteiger partial charge in [0.15, 0.2) is 0 Å². The maximum absolute atomic E-state index is 12.1. The van der Waals surface area contributed by atoms with Crippen molar-refractivity contribution in [2.45, 2.75) is 0 Å². The van der Waals surface area contributed by atoms with E-state index in [-0.39, 0.29) is 11.1 Å². The molecule has 2 heterocycles. The minimum Gasteiger partial charge on any atom is -0.497 e. The fourth-order valence-corrected chi connectivity index (χ4v) is 1.92. The van der Waals surface area contributed by atoms with Gasteiger partial charge in [-0.2, -0.15) is 0 Å². The van der Waals surface area contributed by atoms with Crippen molar-refractivity contribution >= 4 is 16.9 Å². The third-order valence-electron chi connectivity index (χ3n) is 2.97. The number of hydrogen-bond donors (Lipinski definition) is 0. The highest BCUT2D eigenvalue weighted by atomic mass is 16.5. The van der Waals surface area contributed by atoms with Gasteiger partial charge in [-0.3, -0.25) is 4.79 Å². The molecule has 0 N–H and O–H groups in total. The van der Waals surface area contributed by atoms with Crippen LogP contribution in [0.25, 0.3) is 11.0 Å². The van der Waals surface area contributed by atoms with Crippen LogP contribution in [0.1, 0.15) is 10.4 Å². The molecule has 0 spiro atoms. The second-order valence-electron chi connectivity index (χ2n) is 4.20. The van der Waals surface area contributed by atoms with Gasteiger partial charge in [0.25, 0.3) is 5.91 Å². The maximum Gasteiger partial charge on any atom is 0.426 e. The molecule has 2 aromatic heterocycles. The first-order chi connectivity index (χ1) is 10.1. The molecule has 0 radical (unpaired) electrons. The number of nitrogens with zero attached hydrogens (tertiary/aromatic N) is 1. The van der Waals surface area contributed by atoms with Crippen LogP contribution in [0.5, 0.6) is 5.75 Å². The average Bonchev–Trinajstić information content (AvgIpc) is 2.91. The Morgan fingerprint density at radius 3 is 2.71 bits per heavy atom. The van der Waals surface area contributed by atoms with Crippen LogP contribution in [0.15, 0.2) is 55.1 Å². The topological polar surface area (TPSA) is 91.7 Å². The van der Waals surface area contributed by atoms with Crippen LogP contribution in [0.3, 0.4) is 0 Å². The molecular weight excluding hydrogens is 278 g/mol. The minimum absolute atomic E-state index is 0.254. The van der Waals surface area contributed by atoms with Gasteiger partial charge in [-0.25, -0.2) is 14.2 Å². The number of rotatable bonds is 2. The molecule has 0 amide bonds. The fraction of sp³-hybridized carbons (Fsp3) is 0.0714. The van der Waals surface area contributed by atoms with E-state index in [0.29, 0.717) is 15.7 Å². The van der Waals surface area contributed by atoms with Gasteiger partial charge < -0.3 is 13.6 Å². The lowest BCUT2D eigenvalue weighted by Crippen LogP contribution is -2.27. The molecule has 0 atom stereocenters. The summed E-state index contributed by atoms with van der Waals surface area (Å²) in [6.45, 7) is 0. The van der Waals surface area contributed by atoms with Crippen molar-refractivity contribution in [3.05, 3.63) is 63.3 Å². The largest absolute Gasteiger partial charge is 0.497 e. The lowest BCUT2D eigenvalue weighted by Gasteiger charge is -2.03. The number of ether oxygens (including phenoxy) is 1. The minimum atomic E-state index is -0.866. The Morgan fingerprint density at radius 1 is 1.24 bits per heavy atom. The highest BCUT2D eigenvalue weighted by molar-refractivity contribution is 5.97. The molecule has 0 bridgehead atoms. The highest BCUT2D eigenvalue weighted by Gasteiger charge is 2.18. The van der Waals surface area contributed by atoms with E-state index in [0.717, 1.165) is 12.5 Å². The molecule has 0 fully saturated rings. The van der Waals surface area contributed by atoms with Gasteiger partial charge in [0.1, 0.15) is 23.2 Å². The second kappa shape index (κ2) is 4.78. The lowest BCUT2D eigenvalue weighted by molar-refractivity contribution is 0.0948. The number of carbonyl (C=O) groups is 1. The van der Waals surface area contributed by atoms with Gasteiger partial charge in [-0.05, 0) is 18.2 Å². The molecule has 106 valence electrons. The highest BCUT2D eigenvalue weighted by Crippen LogP contribution is 2.20. The second-order valence-corrected chi connectivity index (χ2v) is 4.20. The lowest BCUT2D eigenvalue weighted by atomic mass is 10.1. The van der Waals surface area contributed by atoms with Gasteiger partial charge in [-0.1, -0.05) is 0 Å². The molecule has 7 nitrogen and oxygen atoms in total. The monoisotopic (exact) mass is 287 g/mol. The van der Waals surface area contributed by atoms with Crippen LogP contribution < -0.4 is 16.1 Å². The van der Waals surface area contributed by atoms with Crippen molar-refractivity contribution in [1.29, 1.82) is 0 Å². The van der Waals surface area contributed by atoms with Gasteiger partial charge in [0.05, 0.1) is 13.3 Å². The van der Waals surface area contributed by atoms with Crippen LogP contribution in [-0.2, 0) is 0 Å². The number of oxazole rings is 1. The summed E-state index contributed by atoms with van der Waals surface area (Å²) in [5.74, 6) is -1.15. The molecule has 3 rings (SSSR count). The predicted molar refractivity (Wildman–Crippen MR) is 71.7 cm³/mol. The average molecular weight is 287 g/mol. The molecule has 0 aliphatic heterocycles. The van der Waals surface area contributed by atoms with E-state index in [1.54, 1.807) is 12.1 Å². The predicted octanol–water partition coefficient (Wildman–Crippen LogP) is 1.24. The van der Waals surface area contributed by atoms with Gasteiger partial charge in [0, 0.05) is 11.5 Å². The zero-order valence-corrected chi connectivity index (χ0v) is 10.9. The quantitative estimate of drug-likeness (QED) is 0.658. The Morgan fingerprint density at radius 2 is 2.05 bits per heavy atom. The molecule has 1 aromatic carbocycles. The standard InChI is InChI=1S/C14H9NO6/c1-19-9-3-2-8-6-10(13(17)21-11(8)7-9)12(16)15-4-5-20-14(15)18/h2-7H,1H3. The smallest absolute Gasteiger partial charge is 0.426 e. The summed E-state index contributed by atoms with van der Waals surface area (Å²) >= 11 is 0. The van der Waals surface area contributed by atoms with Crippen LogP contribution in [0, 0.1) is 0 Å². The van der Waals surface area contributed by atoms with Gasteiger partial charge >= 0.3 is 11.4 Å². The SMILES string of the molecule is COc1ccc2cc(C(=O)n3ccoc3=O)c(=O)oc2c1. The van der Waals surface area contributed by atoms with E-state index in [2.05, 4.69) is 4.42 Å². The summed E-state index contributed by atoms with van der Waals surface area (Å²) in [5, 5.41) is 0.537. The van der Waals surface area contributed by atoms with Crippen molar-refractivity contribution in [2.75, 3.05) is 7.11 Å². The first-order valence-corrected chi connectivity index (χ1v) is 5.93. The van der Waals surface area contributed by atoms with Crippen LogP contribution in [-0.4, -0.2) is 17.6 Å². The van der Waals surface area contributed by atoms with E-state index in [4.69, 9.17) is 9.15 Å². The third kappa shape index (κ3) is 2.14. The Kier molecular flexibility index (Phi) is 2.94. The van der Waals surface area contributed by atoms with Crippen LogP contribution in [0.4, 0.5) is 0 Å². The van der Waals surface area contributed by atoms with E-state index in [1.165, 1.54) is 19.2 Å². The van der Waals surface area contributed by atoms with E-state index < -0.39 is 17.3 Å². The molecule has 21 heavy (non-hydrogen) atoms. The molecule has 0 saturated heterocycles. The summed E-state index contributed by atoms with van der Waals surface area (Å²) in [6, 6.07) is 6.21. The number of methoxy groups -OCH3 is 1. The van der Waals surface area contributed by atoms with Crippen molar-refractivity contribution in [2.24, 2.45) is 0 Å². The first-order valence-electron chi connectivity index (χ1n) is 5.93. The van der Waals surface area contributed by atoms with Crippen molar-refractivity contribution in [3.63, 3.8) is 0 Å². The maximum atomic E-state index is 12.1. The summed E-state index contributed by atoms with van der Waals surface area (Å²) in [5.41, 5.74) is -0.805. The Labute approximate surface area is 117 Å². The molecule has 0 aliphatic carbocycles. The summed E-state index contributed by atoms with van der Waals surface area (Å²) in [7, 11) is 1.49. The van der Waals surface area contributed by atoms with Crippen LogP contribution >= 0.6 is 0 Å². The number of fused-ring (bicyclic) bond motifs is 1. The fourth-order valence-electron chi connectivity index (χ4n) is 1.92. The zero-order chi connectivity index (χ0) is 15.0. The van der Waals surface area contributed by atoms with Crippen molar-refractivity contribution in [3.8, 4) is 5.75 Å². The molecule has 0 unspecified atom stereocenters. The first kappa shape index (κ1) is 12.9. The third-order valence-corrected chi connectivity index (χ3v) is 2.97. The molecular formula is C14H9NO6. The number of carbonyl (C=O) groups excluding carboxylic acids is 1. The summed E-state index contributed by atoms with van der Waals surface area (Å²) in [4.78, 5) is 35.4. The Balaban J connectivity index is 2.18. The number of benzene rings is 1. The molecule has 0 aliphatic rings. The summed E-state index contributed by atoms with van der Waals surface area (Å²) < 4.78 is 15.3. The summed E-state index contributed by atoms with van der Waals surface area (Å²) in [6.07, 6.45) is 2.20. The van der Waals surface area contributed by atoms with E-state index in [1.807, 2.05) is 0 Å². The Bertz CT molecular complexity index is 946. The van der Waals surface area contributed by atoms with Gasteiger partial charge in [0.2, 0.25) is 0 Å². The van der Waals surface area contributed by atoms with E-state index >= 15 is 0 Å². The Hall–Kier alpha value is -3.09.